The minimum absolute atomic E-state index is 0.529. The molecule has 0 amide bonds. The molecule has 84 valence electrons. The molecule has 2 aromatic rings. The van der Waals surface area contributed by atoms with Gasteiger partial charge < -0.3 is 5.11 Å². The van der Waals surface area contributed by atoms with E-state index in [0.717, 1.165) is 22.6 Å². The third-order valence-corrected chi connectivity index (χ3v) is 3.24. The van der Waals surface area contributed by atoms with Crippen LogP contribution in [0.2, 0.25) is 0 Å². The van der Waals surface area contributed by atoms with Crippen molar-refractivity contribution < 1.29 is 5.11 Å². The molecule has 4 nitrogen and oxygen atoms in total. The molecule has 2 aromatic heterocycles. The Bertz CT molecular complexity index is 444. The highest BCUT2D eigenvalue weighted by Crippen LogP contribution is 2.23. The third-order valence-electron chi connectivity index (χ3n) is 2.37. The van der Waals surface area contributed by atoms with E-state index in [4.69, 9.17) is 0 Å². The zero-order valence-electron chi connectivity index (χ0n) is 9.00. The molecule has 0 aliphatic heterocycles. The van der Waals surface area contributed by atoms with Gasteiger partial charge in [0.1, 0.15) is 0 Å². The van der Waals surface area contributed by atoms with Gasteiger partial charge in [-0.25, -0.2) is 0 Å². The molecule has 1 unspecified atom stereocenters. The lowest BCUT2D eigenvalue weighted by Gasteiger charge is -2.08. The van der Waals surface area contributed by atoms with Gasteiger partial charge in [0.2, 0.25) is 0 Å². The fourth-order valence-electron chi connectivity index (χ4n) is 1.55. The lowest BCUT2D eigenvalue weighted by Crippen LogP contribution is -2.02. The zero-order chi connectivity index (χ0) is 11.4. The summed E-state index contributed by atoms with van der Waals surface area (Å²) in [4.78, 5) is 4.89. The Morgan fingerprint density at radius 2 is 2.38 bits per heavy atom. The number of pyridine rings is 1. The van der Waals surface area contributed by atoms with E-state index in [1.807, 2.05) is 19.1 Å². The molecule has 0 bridgehead atoms. The molecule has 2 rings (SSSR count). The Labute approximate surface area is 98.2 Å². The first-order valence-electron chi connectivity index (χ1n) is 5.19. The fourth-order valence-corrected chi connectivity index (χ4v) is 2.27. The predicted octanol–water partition coefficient (Wildman–Crippen LogP) is 1.77. The van der Waals surface area contributed by atoms with Crippen molar-refractivity contribution in [2.75, 3.05) is 0 Å². The quantitative estimate of drug-likeness (QED) is 0.877. The Balaban J connectivity index is 2.11. The largest absolute Gasteiger partial charge is 0.387 e. The van der Waals surface area contributed by atoms with E-state index in [1.54, 1.807) is 12.4 Å². The van der Waals surface area contributed by atoms with Crippen LogP contribution in [0, 0.1) is 0 Å². The van der Waals surface area contributed by atoms with Crippen LogP contribution in [-0.2, 0) is 12.8 Å². The molecular formula is C11H13N3OS. The second kappa shape index (κ2) is 5.14. The van der Waals surface area contributed by atoms with Gasteiger partial charge in [-0.15, -0.1) is 5.10 Å². The summed E-state index contributed by atoms with van der Waals surface area (Å²) in [5.74, 6) is 0. The molecule has 0 spiro atoms. The maximum Gasteiger partial charge on any atom is 0.0957 e. The van der Waals surface area contributed by atoms with E-state index in [2.05, 4.69) is 14.6 Å². The number of aliphatic hydroxyl groups excluding tert-OH is 1. The lowest BCUT2D eigenvalue weighted by molar-refractivity contribution is 0.181. The molecule has 1 N–H and O–H groups in total. The van der Waals surface area contributed by atoms with Crippen molar-refractivity contribution in [2.24, 2.45) is 0 Å². The minimum atomic E-state index is -0.529. The topological polar surface area (TPSA) is 58.9 Å². The van der Waals surface area contributed by atoms with Crippen molar-refractivity contribution >= 4 is 11.5 Å². The zero-order valence-corrected chi connectivity index (χ0v) is 9.81. The summed E-state index contributed by atoms with van der Waals surface area (Å²) in [6.07, 6.45) is 4.32. The van der Waals surface area contributed by atoms with Crippen LogP contribution in [0.15, 0.2) is 24.5 Å². The first-order valence-corrected chi connectivity index (χ1v) is 5.96. The van der Waals surface area contributed by atoms with Gasteiger partial charge in [-0.3, -0.25) is 4.98 Å². The molecule has 0 saturated carbocycles. The van der Waals surface area contributed by atoms with Gasteiger partial charge >= 0.3 is 0 Å². The second-order valence-electron chi connectivity index (χ2n) is 3.52. The smallest absolute Gasteiger partial charge is 0.0957 e. The molecule has 0 aromatic carbocycles. The molecule has 2 heterocycles. The summed E-state index contributed by atoms with van der Waals surface area (Å²) < 4.78 is 3.87. The molecule has 0 saturated heterocycles. The SMILES string of the molecule is CCc1nnsc1C(O)Cc1cccnc1. The number of aromatic nitrogens is 3. The summed E-state index contributed by atoms with van der Waals surface area (Å²) in [6, 6.07) is 3.82. The van der Waals surface area contributed by atoms with Gasteiger partial charge in [0.25, 0.3) is 0 Å². The normalized spacial score (nSPS) is 12.6. The molecule has 0 fully saturated rings. The molecule has 16 heavy (non-hydrogen) atoms. The molecule has 0 aliphatic rings. The van der Waals surface area contributed by atoms with Gasteiger partial charge in [0.15, 0.2) is 0 Å². The number of hydrogen-bond acceptors (Lipinski definition) is 5. The Kier molecular flexibility index (Phi) is 3.58. The first kappa shape index (κ1) is 11.2. The minimum Gasteiger partial charge on any atom is -0.387 e. The molecule has 0 radical (unpaired) electrons. The van der Waals surface area contributed by atoms with Crippen LogP contribution in [0.1, 0.15) is 29.2 Å². The Morgan fingerprint density at radius 1 is 1.50 bits per heavy atom. The van der Waals surface area contributed by atoms with Gasteiger partial charge in [-0.05, 0) is 29.6 Å². The van der Waals surface area contributed by atoms with Crippen LogP contribution in [0.25, 0.3) is 0 Å². The maximum atomic E-state index is 10.1. The van der Waals surface area contributed by atoms with Crippen LogP contribution in [-0.4, -0.2) is 19.7 Å². The summed E-state index contributed by atoms with van der Waals surface area (Å²) in [5, 5.41) is 14.1. The summed E-state index contributed by atoms with van der Waals surface area (Å²) in [6.45, 7) is 2.01. The number of hydrogen-bond donors (Lipinski definition) is 1. The van der Waals surface area contributed by atoms with Gasteiger partial charge in [0, 0.05) is 18.8 Å². The fraction of sp³-hybridized carbons (Fsp3) is 0.364. The van der Waals surface area contributed by atoms with Crippen molar-refractivity contribution in [3.05, 3.63) is 40.7 Å². The highest BCUT2D eigenvalue weighted by Gasteiger charge is 2.16. The summed E-state index contributed by atoms with van der Waals surface area (Å²) in [5.41, 5.74) is 1.91. The average Bonchev–Trinajstić information content (AvgIpc) is 2.78. The van der Waals surface area contributed by atoms with E-state index >= 15 is 0 Å². The van der Waals surface area contributed by atoms with Crippen LogP contribution >= 0.6 is 11.5 Å². The molecular weight excluding hydrogens is 222 g/mol. The van der Waals surface area contributed by atoms with E-state index in [0.29, 0.717) is 6.42 Å². The molecule has 1 atom stereocenters. The lowest BCUT2D eigenvalue weighted by atomic mass is 10.1. The van der Waals surface area contributed by atoms with Crippen LogP contribution in [0.4, 0.5) is 0 Å². The van der Waals surface area contributed by atoms with Crippen molar-refractivity contribution in [2.45, 2.75) is 25.9 Å². The highest BCUT2D eigenvalue weighted by atomic mass is 32.1. The highest BCUT2D eigenvalue weighted by molar-refractivity contribution is 7.05. The van der Waals surface area contributed by atoms with Gasteiger partial charge in [-0.2, -0.15) is 0 Å². The van der Waals surface area contributed by atoms with Crippen LogP contribution < -0.4 is 0 Å². The summed E-state index contributed by atoms with van der Waals surface area (Å²) >= 11 is 1.27. The summed E-state index contributed by atoms with van der Waals surface area (Å²) in [7, 11) is 0. The number of rotatable bonds is 4. The van der Waals surface area contributed by atoms with Gasteiger partial charge in [-0.1, -0.05) is 17.5 Å². The van der Waals surface area contributed by atoms with Gasteiger partial charge in [0.05, 0.1) is 16.7 Å². The van der Waals surface area contributed by atoms with Crippen molar-refractivity contribution in [3.63, 3.8) is 0 Å². The number of aliphatic hydroxyl groups is 1. The Hall–Kier alpha value is -1.33. The van der Waals surface area contributed by atoms with Crippen LogP contribution in [0.5, 0.6) is 0 Å². The third kappa shape index (κ3) is 2.43. The standard InChI is InChI=1S/C11H13N3OS/c1-2-9-11(16-14-13-9)10(15)6-8-4-3-5-12-7-8/h3-5,7,10,15H,2,6H2,1H3. The first-order chi connectivity index (χ1) is 7.81. The number of aryl methyl sites for hydroxylation is 1. The molecule has 0 aliphatic carbocycles. The monoisotopic (exact) mass is 235 g/mol. The van der Waals surface area contributed by atoms with E-state index in [9.17, 15) is 5.11 Å². The van der Waals surface area contributed by atoms with Crippen molar-refractivity contribution in [3.8, 4) is 0 Å². The maximum absolute atomic E-state index is 10.1. The van der Waals surface area contributed by atoms with E-state index in [-0.39, 0.29) is 0 Å². The Morgan fingerprint density at radius 3 is 3.06 bits per heavy atom. The van der Waals surface area contributed by atoms with E-state index in [1.165, 1.54) is 11.5 Å². The van der Waals surface area contributed by atoms with E-state index < -0.39 is 6.10 Å². The number of nitrogens with zero attached hydrogens (tertiary/aromatic N) is 3. The second-order valence-corrected chi connectivity index (χ2v) is 4.30. The van der Waals surface area contributed by atoms with Crippen molar-refractivity contribution in [1.29, 1.82) is 0 Å². The van der Waals surface area contributed by atoms with Crippen LogP contribution in [0.3, 0.4) is 0 Å². The van der Waals surface area contributed by atoms with Crippen molar-refractivity contribution in [1.82, 2.24) is 14.6 Å². The predicted molar refractivity (Wildman–Crippen MR) is 62.2 cm³/mol. The molecule has 5 heteroatoms. The average molecular weight is 235 g/mol.